The van der Waals surface area contributed by atoms with E-state index in [0.29, 0.717) is 23.5 Å². The van der Waals surface area contributed by atoms with Gasteiger partial charge in [0.1, 0.15) is 11.3 Å². The number of hydrogen-bond acceptors (Lipinski definition) is 6. The van der Waals surface area contributed by atoms with Crippen molar-refractivity contribution in [1.29, 1.82) is 0 Å². The molecule has 0 saturated heterocycles. The van der Waals surface area contributed by atoms with Crippen molar-refractivity contribution in [3.05, 3.63) is 87.4 Å². The molecule has 0 unspecified atom stereocenters. The third-order valence-electron chi connectivity index (χ3n) is 5.93. The van der Waals surface area contributed by atoms with E-state index < -0.39 is 12.2 Å². The minimum Gasteiger partial charge on any atom is -0.493 e. The highest BCUT2D eigenvalue weighted by Crippen LogP contribution is 2.49. The zero-order valence-corrected chi connectivity index (χ0v) is 19.6. The largest absolute Gasteiger partial charge is 0.493 e. The van der Waals surface area contributed by atoms with E-state index in [4.69, 9.17) is 19.3 Å². The monoisotopic (exact) mass is 508 g/mol. The number of nitrogens with zero attached hydrogens (tertiary/aromatic N) is 2. The van der Waals surface area contributed by atoms with E-state index in [1.807, 2.05) is 53.5 Å². The SMILES string of the molecule is COc1ccc([C@@H]2Oc3ccccc3[C@@H]3CC(c4ccc(Br)cc4)=NN32)c(C(=O)O)c1OC. The van der Waals surface area contributed by atoms with Gasteiger partial charge in [-0.1, -0.05) is 46.3 Å². The molecular formula is C25H21BrN2O5. The molecule has 2 atom stereocenters. The number of benzene rings is 3. The minimum absolute atomic E-state index is 0.00715. The normalized spacial score (nSPS) is 18.6. The first-order valence-corrected chi connectivity index (χ1v) is 11.2. The lowest BCUT2D eigenvalue weighted by molar-refractivity contribution is -0.0199. The van der Waals surface area contributed by atoms with Crippen molar-refractivity contribution in [1.82, 2.24) is 5.01 Å². The molecule has 1 N–H and O–H groups in total. The van der Waals surface area contributed by atoms with E-state index in [-0.39, 0.29) is 17.4 Å². The molecule has 8 heteroatoms. The molecule has 2 aliphatic heterocycles. The number of para-hydroxylation sites is 1. The van der Waals surface area contributed by atoms with Crippen LogP contribution in [0.4, 0.5) is 0 Å². The van der Waals surface area contributed by atoms with Crippen LogP contribution in [0.5, 0.6) is 17.2 Å². The summed E-state index contributed by atoms with van der Waals surface area (Å²) in [6.07, 6.45) is -0.0717. The van der Waals surface area contributed by atoms with Crippen LogP contribution in [0.1, 0.15) is 45.7 Å². The van der Waals surface area contributed by atoms with Crippen LogP contribution >= 0.6 is 15.9 Å². The molecule has 168 valence electrons. The third-order valence-corrected chi connectivity index (χ3v) is 6.46. The Morgan fingerprint density at radius 1 is 1.06 bits per heavy atom. The second-order valence-corrected chi connectivity index (χ2v) is 8.65. The summed E-state index contributed by atoms with van der Waals surface area (Å²) in [6.45, 7) is 0. The summed E-state index contributed by atoms with van der Waals surface area (Å²) < 4.78 is 18.1. The first-order chi connectivity index (χ1) is 16.0. The molecule has 0 aliphatic carbocycles. The molecule has 2 aliphatic rings. The van der Waals surface area contributed by atoms with Crippen molar-refractivity contribution in [3.63, 3.8) is 0 Å². The van der Waals surface area contributed by atoms with Crippen LogP contribution in [0.25, 0.3) is 0 Å². The molecule has 0 bridgehead atoms. The van der Waals surface area contributed by atoms with Crippen LogP contribution in [0, 0.1) is 0 Å². The molecule has 3 aromatic rings. The number of fused-ring (bicyclic) bond motifs is 3. The standard InChI is InChI=1S/C25H21BrN2O5/c1-31-21-12-11-17(22(25(29)30)23(21)32-2)24-28-19(16-5-3-4-6-20(16)33-24)13-18(27-28)14-7-9-15(26)10-8-14/h3-12,19,24H,13H2,1-2H3,(H,29,30)/t19-,24-/m0/s1. The van der Waals surface area contributed by atoms with Gasteiger partial charge in [0.2, 0.25) is 6.23 Å². The Labute approximate surface area is 199 Å². The lowest BCUT2D eigenvalue weighted by Gasteiger charge is -2.38. The van der Waals surface area contributed by atoms with Crippen LogP contribution in [-0.4, -0.2) is 36.0 Å². The molecule has 0 spiro atoms. The maximum atomic E-state index is 12.3. The number of hydrazone groups is 1. The highest BCUT2D eigenvalue weighted by molar-refractivity contribution is 9.10. The van der Waals surface area contributed by atoms with E-state index in [2.05, 4.69) is 15.9 Å². The zero-order valence-electron chi connectivity index (χ0n) is 18.0. The van der Waals surface area contributed by atoms with Gasteiger partial charge >= 0.3 is 5.97 Å². The van der Waals surface area contributed by atoms with Crippen molar-refractivity contribution in [2.24, 2.45) is 5.10 Å². The molecule has 2 heterocycles. The Morgan fingerprint density at radius 2 is 1.82 bits per heavy atom. The maximum Gasteiger partial charge on any atom is 0.340 e. The Bertz CT molecular complexity index is 1260. The Balaban J connectivity index is 1.66. The van der Waals surface area contributed by atoms with Gasteiger partial charge in [-0.05, 0) is 35.9 Å². The molecule has 0 aromatic heterocycles. The lowest BCUT2D eigenvalue weighted by Crippen LogP contribution is -2.34. The molecule has 5 rings (SSSR count). The molecule has 3 aromatic carbocycles. The smallest absolute Gasteiger partial charge is 0.340 e. The number of rotatable bonds is 5. The molecular weight excluding hydrogens is 488 g/mol. The van der Waals surface area contributed by atoms with Gasteiger partial charge in [0.15, 0.2) is 11.5 Å². The fourth-order valence-electron chi connectivity index (χ4n) is 4.42. The summed E-state index contributed by atoms with van der Waals surface area (Å²) in [6, 6.07) is 19.1. The van der Waals surface area contributed by atoms with Crippen molar-refractivity contribution >= 4 is 27.6 Å². The third kappa shape index (κ3) is 3.60. The Kier molecular flexibility index (Phi) is 5.46. The van der Waals surface area contributed by atoms with E-state index in [9.17, 15) is 9.90 Å². The molecule has 0 saturated carbocycles. The van der Waals surface area contributed by atoms with Gasteiger partial charge in [0, 0.05) is 22.0 Å². The van der Waals surface area contributed by atoms with Gasteiger partial charge in [-0.2, -0.15) is 5.10 Å². The highest BCUT2D eigenvalue weighted by atomic mass is 79.9. The van der Waals surface area contributed by atoms with Crippen molar-refractivity contribution in [2.75, 3.05) is 14.2 Å². The number of methoxy groups -OCH3 is 2. The van der Waals surface area contributed by atoms with Crippen molar-refractivity contribution < 1.29 is 24.1 Å². The molecule has 7 nitrogen and oxygen atoms in total. The van der Waals surface area contributed by atoms with E-state index in [1.165, 1.54) is 14.2 Å². The summed E-state index contributed by atoms with van der Waals surface area (Å²) in [7, 11) is 2.90. The number of ether oxygens (including phenoxy) is 3. The van der Waals surface area contributed by atoms with Crippen molar-refractivity contribution in [2.45, 2.75) is 18.7 Å². The maximum absolute atomic E-state index is 12.3. The Hall–Kier alpha value is -3.52. The summed E-state index contributed by atoms with van der Waals surface area (Å²) in [5.41, 5.74) is 3.37. The van der Waals surface area contributed by atoms with Crippen LogP contribution in [0.15, 0.2) is 70.2 Å². The second kappa shape index (κ2) is 8.44. The number of aromatic carboxylic acids is 1. The molecule has 0 fully saturated rings. The van der Waals surface area contributed by atoms with E-state index >= 15 is 0 Å². The van der Waals surface area contributed by atoms with Gasteiger partial charge in [-0.3, -0.25) is 0 Å². The topological polar surface area (TPSA) is 80.6 Å². The first kappa shape index (κ1) is 21.3. The average Bonchev–Trinajstić information content (AvgIpc) is 3.28. The van der Waals surface area contributed by atoms with E-state index in [0.717, 1.165) is 21.3 Å². The molecule has 33 heavy (non-hydrogen) atoms. The molecule has 0 amide bonds. The summed E-state index contributed by atoms with van der Waals surface area (Å²) in [5.74, 6) is 0.0721. The highest BCUT2D eigenvalue weighted by Gasteiger charge is 2.43. The summed E-state index contributed by atoms with van der Waals surface area (Å²) in [4.78, 5) is 12.3. The molecule has 0 radical (unpaired) electrons. The predicted octanol–water partition coefficient (Wildman–Crippen LogP) is 5.41. The van der Waals surface area contributed by atoms with Crippen LogP contribution in [0.3, 0.4) is 0 Å². The Morgan fingerprint density at radius 3 is 2.52 bits per heavy atom. The van der Waals surface area contributed by atoms with Crippen LogP contribution in [-0.2, 0) is 0 Å². The average molecular weight is 509 g/mol. The van der Waals surface area contributed by atoms with Gasteiger partial charge in [-0.15, -0.1) is 0 Å². The van der Waals surface area contributed by atoms with Gasteiger partial charge in [0.25, 0.3) is 0 Å². The summed E-state index contributed by atoms with van der Waals surface area (Å²) >= 11 is 3.48. The zero-order chi connectivity index (χ0) is 23.1. The predicted molar refractivity (Wildman–Crippen MR) is 126 cm³/mol. The lowest BCUT2D eigenvalue weighted by atomic mass is 9.95. The number of carboxylic acids is 1. The van der Waals surface area contributed by atoms with Gasteiger partial charge in [-0.25, -0.2) is 9.80 Å². The first-order valence-electron chi connectivity index (χ1n) is 10.4. The fraction of sp³-hybridized carbons (Fsp3) is 0.200. The van der Waals surface area contributed by atoms with Crippen LogP contribution in [0.2, 0.25) is 0 Å². The number of hydrogen-bond donors (Lipinski definition) is 1. The van der Waals surface area contributed by atoms with Crippen LogP contribution < -0.4 is 14.2 Å². The van der Waals surface area contributed by atoms with Gasteiger partial charge < -0.3 is 19.3 Å². The quantitative estimate of drug-likeness (QED) is 0.496. The second-order valence-electron chi connectivity index (χ2n) is 7.73. The number of halogens is 1. The number of carboxylic acid groups (broad SMARTS) is 1. The minimum atomic E-state index is -1.13. The van der Waals surface area contributed by atoms with Crippen molar-refractivity contribution in [3.8, 4) is 17.2 Å². The summed E-state index contributed by atoms with van der Waals surface area (Å²) in [5, 5.41) is 16.8. The van der Waals surface area contributed by atoms with Gasteiger partial charge in [0.05, 0.1) is 26.0 Å². The number of carbonyl (C=O) groups is 1. The fourth-order valence-corrected chi connectivity index (χ4v) is 4.69. The van der Waals surface area contributed by atoms with E-state index in [1.54, 1.807) is 12.1 Å².